The Bertz CT molecular complexity index is 1290. The Hall–Kier alpha value is -4.07. The first-order valence-electron chi connectivity index (χ1n) is 11.7. The predicted molar refractivity (Wildman–Crippen MR) is 132 cm³/mol. The summed E-state index contributed by atoms with van der Waals surface area (Å²) in [5.74, 6) is -0.662. The second kappa shape index (κ2) is 11.1. The molecule has 8 heteroatoms. The molecule has 0 atom stereocenters. The fourth-order valence-electron chi connectivity index (χ4n) is 4.27. The quantitative estimate of drug-likeness (QED) is 0.489. The summed E-state index contributed by atoms with van der Waals surface area (Å²) in [5, 5.41) is 2.49. The lowest BCUT2D eigenvalue weighted by molar-refractivity contribution is 0.0731. The van der Waals surface area contributed by atoms with E-state index >= 15 is 0 Å². The summed E-state index contributed by atoms with van der Waals surface area (Å²) in [4.78, 5) is 38.1. The minimum atomic E-state index is -0.658. The lowest BCUT2D eigenvalue weighted by Crippen LogP contribution is -2.33. The molecule has 0 aliphatic carbocycles. The average Bonchev–Trinajstić information content (AvgIpc) is 3.13. The van der Waals surface area contributed by atoms with Crippen molar-refractivity contribution >= 4 is 18.1 Å². The Kier molecular flexibility index (Phi) is 7.73. The molecule has 3 aromatic carbocycles. The molecule has 0 unspecified atom stereocenters. The van der Waals surface area contributed by atoms with Crippen molar-refractivity contribution in [3.8, 4) is 16.9 Å². The third-order valence-electron chi connectivity index (χ3n) is 6.17. The first kappa shape index (κ1) is 25.0. The number of benzene rings is 3. The van der Waals surface area contributed by atoms with Crippen LogP contribution in [-0.2, 0) is 13.0 Å². The van der Waals surface area contributed by atoms with Crippen LogP contribution >= 0.6 is 0 Å². The van der Waals surface area contributed by atoms with Crippen molar-refractivity contribution in [2.45, 2.75) is 19.9 Å². The molecule has 2 amide bonds. The van der Waals surface area contributed by atoms with E-state index in [1.54, 1.807) is 36.1 Å². The topological polar surface area (TPSA) is 75.7 Å². The van der Waals surface area contributed by atoms with E-state index in [4.69, 9.17) is 4.74 Å². The van der Waals surface area contributed by atoms with Crippen molar-refractivity contribution < 1.29 is 27.9 Å². The zero-order chi connectivity index (χ0) is 25.7. The number of amides is 2. The number of carbonyl (C=O) groups is 3. The molecule has 1 aliphatic rings. The van der Waals surface area contributed by atoms with Crippen LogP contribution in [0.15, 0.2) is 54.6 Å². The Labute approximate surface area is 207 Å². The number of hydrogen-bond donors (Lipinski definition) is 1. The molecule has 1 N–H and O–H groups in total. The van der Waals surface area contributed by atoms with Gasteiger partial charge in [0.05, 0.1) is 12.1 Å². The SMILES string of the molecule is CCc1c(C(=O)N2CCOc3ccc(-c4ccc(C(=O)NCCF)cc4)cc3C2)ccc(C=O)c1F. The van der Waals surface area contributed by atoms with Gasteiger partial charge in [0.2, 0.25) is 0 Å². The van der Waals surface area contributed by atoms with E-state index in [2.05, 4.69) is 5.32 Å². The monoisotopic (exact) mass is 492 g/mol. The van der Waals surface area contributed by atoms with E-state index in [0.717, 1.165) is 16.7 Å². The Balaban J connectivity index is 1.59. The molecule has 186 valence electrons. The third-order valence-corrected chi connectivity index (χ3v) is 6.17. The van der Waals surface area contributed by atoms with Crippen molar-refractivity contribution in [2.75, 3.05) is 26.4 Å². The molecule has 0 radical (unpaired) electrons. The summed E-state index contributed by atoms with van der Waals surface area (Å²) in [7, 11) is 0. The van der Waals surface area contributed by atoms with Crippen LogP contribution in [0.4, 0.5) is 8.78 Å². The number of fused-ring (bicyclic) bond motifs is 1. The van der Waals surface area contributed by atoms with Gasteiger partial charge in [0.15, 0.2) is 6.29 Å². The number of rotatable bonds is 7. The fourth-order valence-corrected chi connectivity index (χ4v) is 4.27. The zero-order valence-electron chi connectivity index (χ0n) is 19.9. The van der Waals surface area contributed by atoms with Gasteiger partial charge in [-0.15, -0.1) is 0 Å². The number of aldehydes is 1. The molecule has 3 aromatic rings. The normalized spacial score (nSPS) is 12.8. The minimum Gasteiger partial charge on any atom is -0.491 e. The van der Waals surface area contributed by atoms with Crippen LogP contribution in [0.3, 0.4) is 0 Å². The molecule has 0 saturated heterocycles. The van der Waals surface area contributed by atoms with Gasteiger partial charge in [0, 0.05) is 35.3 Å². The van der Waals surface area contributed by atoms with Crippen LogP contribution in [0.25, 0.3) is 11.1 Å². The van der Waals surface area contributed by atoms with Gasteiger partial charge in [-0.3, -0.25) is 14.4 Å². The number of nitrogens with zero attached hydrogens (tertiary/aromatic N) is 1. The second-order valence-corrected chi connectivity index (χ2v) is 8.39. The molecule has 0 saturated carbocycles. The summed E-state index contributed by atoms with van der Waals surface area (Å²) in [5.41, 5.74) is 3.36. The summed E-state index contributed by atoms with van der Waals surface area (Å²) < 4.78 is 32.9. The highest BCUT2D eigenvalue weighted by Gasteiger charge is 2.25. The fraction of sp³-hybridized carbons (Fsp3) is 0.250. The molecule has 36 heavy (non-hydrogen) atoms. The maximum atomic E-state index is 14.7. The molecule has 0 aromatic heterocycles. The smallest absolute Gasteiger partial charge is 0.254 e. The van der Waals surface area contributed by atoms with Crippen molar-refractivity contribution in [3.05, 3.63) is 88.2 Å². The molecule has 0 spiro atoms. The number of carbonyl (C=O) groups excluding carboxylic acids is 3. The number of nitrogens with one attached hydrogen (secondary N) is 1. The van der Waals surface area contributed by atoms with Gasteiger partial charge >= 0.3 is 0 Å². The predicted octanol–water partition coefficient (Wildman–Crippen LogP) is 4.60. The van der Waals surface area contributed by atoms with Crippen LogP contribution in [0, 0.1) is 5.82 Å². The Morgan fingerprint density at radius 2 is 1.83 bits per heavy atom. The van der Waals surface area contributed by atoms with Gasteiger partial charge in [-0.1, -0.05) is 25.1 Å². The Morgan fingerprint density at radius 1 is 1.08 bits per heavy atom. The van der Waals surface area contributed by atoms with E-state index in [1.807, 2.05) is 18.2 Å². The summed E-state index contributed by atoms with van der Waals surface area (Å²) >= 11 is 0. The van der Waals surface area contributed by atoms with E-state index < -0.39 is 12.5 Å². The van der Waals surface area contributed by atoms with E-state index in [0.29, 0.717) is 24.1 Å². The molecule has 6 nitrogen and oxygen atoms in total. The summed E-state index contributed by atoms with van der Waals surface area (Å²) in [6.07, 6.45) is 0.727. The van der Waals surface area contributed by atoms with E-state index in [1.165, 1.54) is 12.1 Å². The molecular weight excluding hydrogens is 466 g/mol. The minimum absolute atomic E-state index is 0.0335. The van der Waals surface area contributed by atoms with Gasteiger partial charge < -0.3 is 15.0 Å². The van der Waals surface area contributed by atoms with Gasteiger partial charge in [0.25, 0.3) is 11.8 Å². The molecule has 0 bridgehead atoms. The van der Waals surface area contributed by atoms with Gasteiger partial charge in [-0.2, -0.15) is 0 Å². The second-order valence-electron chi connectivity index (χ2n) is 8.39. The highest BCUT2D eigenvalue weighted by molar-refractivity contribution is 5.97. The largest absolute Gasteiger partial charge is 0.491 e. The van der Waals surface area contributed by atoms with Gasteiger partial charge in [-0.25, -0.2) is 8.78 Å². The van der Waals surface area contributed by atoms with Crippen LogP contribution < -0.4 is 10.1 Å². The first-order chi connectivity index (χ1) is 17.5. The number of halogens is 2. The average molecular weight is 493 g/mol. The molecule has 4 rings (SSSR count). The number of hydrogen-bond acceptors (Lipinski definition) is 4. The lowest BCUT2D eigenvalue weighted by atomic mass is 9.99. The van der Waals surface area contributed by atoms with Gasteiger partial charge in [-0.05, 0) is 53.9 Å². The van der Waals surface area contributed by atoms with Crippen LogP contribution in [0.5, 0.6) is 5.75 Å². The maximum absolute atomic E-state index is 14.7. The van der Waals surface area contributed by atoms with Crippen LogP contribution in [0.1, 0.15) is 49.1 Å². The van der Waals surface area contributed by atoms with Crippen LogP contribution in [-0.4, -0.2) is 49.4 Å². The zero-order valence-corrected chi connectivity index (χ0v) is 19.9. The van der Waals surface area contributed by atoms with Crippen molar-refractivity contribution in [2.24, 2.45) is 0 Å². The molecule has 1 aliphatic heterocycles. The summed E-state index contributed by atoms with van der Waals surface area (Å²) in [6, 6.07) is 15.5. The third kappa shape index (κ3) is 5.12. The number of ether oxygens (including phenoxy) is 1. The lowest BCUT2D eigenvalue weighted by Gasteiger charge is -2.22. The first-order valence-corrected chi connectivity index (χ1v) is 11.7. The van der Waals surface area contributed by atoms with Crippen molar-refractivity contribution in [3.63, 3.8) is 0 Å². The number of alkyl halides is 1. The Morgan fingerprint density at radius 3 is 2.53 bits per heavy atom. The summed E-state index contributed by atoms with van der Waals surface area (Å²) in [6.45, 7) is 1.97. The van der Waals surface area contributed by atoms with E-state index in [9.17, 15) is 23.2 Å². The molecular formula is C28H26F2N2O4. The van der Waals surface area contributed by atoms with E-state index in [-0.39, 0.29) is 54.6 Å². The molecule has 0 fully saturated rings. The van der Waals surface area contributed by atoms with Crippen LogP contribution in [0.2, 0.25) is 0 Å². The highest BCUT2D eigenvalue weighted by atomic mass is 19.1. The van der Waals surface area contributed by atoms with Crippen molar-refractivity contribution in [1.29, 1.82) is 0 Å². The standard InChI is InChI=1S/C28H26F2N2O4/c1-2-23-24(9-7-21(17-33)26(23)30)28(35)32-13-14-36-25-10-8-20(15-22(25)16-32)18-3-5-19(6-4-18)27(34)31-12-11-29/h3-10,15,17H,2,11-14,16H2,1H3,(H,31,34). The van der Waals surface area contributed by atoms with Crippen molar-refractivity contribution in [1.82, 2.24) is 10.2 Å². The highest BCUT2D eigenvalue weighted by Crippen LogP contribution is 2.30. The maximum Gasteiger partial charge on any atom is 0.254 e. The molecule has 1 heterocycles. The van der Waals surface area contributed by atoms with Gasteiger partial charge in [0.1, 0.15) is 24.8 Å².